The van der Waals surface area contributed by atoms with Crippen molar-refractivity contribution < 1.29 is 9.52 Å². The van der Waals surface area contributed by atoms with Crippen molar-refractivity contribution in [1.82, 2.24) is 14.9 Å². The van der Waals surface area contributed by atoms with Gasteiger partial charge in [-0.25, -0.2) is 9.97 Å². The molecule has 120 valence electrons. The van der Waals surface area contributed by atoms with E-state index in [1.807, 2.05) is 31.2 Å². The molecule has 23 heavy (non-hydrogen) atoms. The van der Waals surface area contributed by atoms with Gasteiger partial charge in [-0.15, -0.1) is 0 Å². The van der Waals surface area contributed by atoms with Crippen molar-refractivity contribution in [3.05, 3.63) is 30.6 Å². The number of rotatable bonds is 3. The maximum absolute atomic E-state index is 9.52. The highest BCUT2D eigenvalue weighted by atomic mass is 16.3. The average molecular weight is 312 g/mol. The SMILES string of the molecule is C[C@@H](O)CN1CCN(c2ncnc3c2oc2ccccc23)CC1. The number of fused-ring (bicyclic) bond motifs is 3. The van der Waals surface area contributed by atoms with Crippen LogP contribution < -0.4 is 4.90 Å². The average Bonchev–Trinajstić information content (AvgIpc) is 2.94. The van der Waals surface area contributed by atoms with Crippen LogP contribution in [0.4, 0.5) is 5.82 Å². The predicted octanol–water partition coefficient (Wildman–Crippen LogP) is 1.88. The fraction of sp³-hybridized carbons (Fsp3) is 0.412. The van der Waals surface area contributed by atoms with E-state index >= 15 is 0 Å². The van der Waals surface area contributed by atoms with Gasteiger partial charge in [0.15, 0.2) is 11.4 Å². The van der Waals surface area contributed by atoms with Gasteiger partial charge < -0.3 is 14.4 Å². The van der Waals surface area contributed by atoms with Crippen LogP contribution in [0.25, 0.3) is 22.1 Å². The summed E-state index contributed by atoms with van der Waals surface area (Å²) in [5.41, 5.74) is 2.48. The zero-order valence-corrected chi connectivity index (χ0v) is 13.1. The topological polar surface area (TPSA) is 65.6 Å². The molecule has 0 unspecified atom stereocenters. The first-order valence-electron chi connectivity index (χ1n) is 8.00. The summed E-state index contributed by atoms with van der Waals surface area (Å²) in [5, 5.41) is 10.5. The number of hydrogen-bond donors (Lipinski definition) is 1. The van der Waals surface area contributed by atoms with Gasteiger partial charge in [0.05, 0.1) is 6.10 Å². The Kier molecular flexibility index (Phi) is 3.63. The Bertz CT molecular complexity index is 822. The van der Waals surface area contributed by atoms with Gasteiger partial charge in [0.1, 0.15) is 17.4 Å². The normalized spacial score (nSPS) is 17.9. The second kappa shape index (κ2) is 5.79. The summed E-state index contributed by atoms with van der Waals surface area (Å²) in [6, 6.07) is 7.94. The second-order valence-corrected chi connectivity index (χ2v) is 6.11. The van der Waals surface area contributed by atoms with Gasteiger partial charge in [0.2, 0.25) is 0 Å². The number of aromatic nitrogens is 2. The van der Waals surface area contributed by atoms with Gasteiger partial charge in [-0.2, -0.15) is 0 Å². The first-order valence-corrected chi connectivity index (χ1v) is 8.00. The largest absolute Gasteiger partial charge is 0.450 e. The molecule has 0 aliphatic carbocycles. The van der Waals surface area contributed by atoms with Crippen molar-refractivity contribution in [3.8, 4) is 0 Å². The monoisotopic (exact) mass is 312 g/mol. The number of hydrogen-bond acceptors (Lipinski definition) is 6. The van der Waals surface area contributed by atoms with Crippen LogP contribution in [0.5, 0.6) is 0 Å². The maximum Gasteiger partial charge on any atom is 0.196 e. The molecule has 6 heteroatoms. The fourth-order valence-corrected chi connectivity index (χ4v) is 3.25. The Hall–Kier alpha value is -2.18. The molecule has 1 aliphatic rings. The molecule has 0 bridgehead atoms. The van der Waals surface area contributed by atoms with E-state index in [-0.39, 0.29) is 6.10 Å². The second-order valence-electron chi connectivity index (χ2n) is 6.11. The Balaban J connectivity index is 1.65. The number of furan rings is 1. The predicted molar refractivity (Wildman–Crippen MR) is 89.6 cm³/mol. The number of nitrogens with zero attached hydrogens (tertiary/aromatic N) is 4. The summed E-state index contributed by atoms with van der Waals surface area (Å²) in [6.07, 6.45) is 1.32. The molecular weight excluding hydrogens is 292 g/mol. The number of aliphatic hydroxyl groups excluding tert-OH is 1. The smallest absolute Gasteiger partial charge is 0.196 e. The van der Waals surface area contributed by atoms with Crippen molar-refractivity contribution in [2.24, 2.45) is 0 Å². The van der Waals surface area contributed by atoms with Crippen molar-refractivity contribution >= 4 is 27.9 Å². The highest BCUT2D eigenvalue weighted by molar-refractivity contribution is 6.05. The zero-order valence-electron chi connectivity index (χ0n) is 13.1. The summed E-state index contributed by atoms with van der Waals surface area (Å²) in [4.78, 5) is 13.4. The van der Waals surface area contributed by atoms with Crippen LogP contribution in [0, 0.1) is 0 Å². The molecular formula is C17H20N4O2. The summed E-state index contributed by atoms with van der Waals surface area (Å²) >= 11 is 0. The number of aliphatic hydroxyl groups is 1. The number of piperazine rings is 1. The zero-order chi connectivity index (χ0) is 15.8. The summed E-state index contributed by atoms with van der Waals surface area (Å²) in [7, 11) is 0. The molecule has 6 nitrogen and oxygen atoms in total. The minimum absolute atomic E-state index is 0.289. The highest BCUT2D eigenvalue weighted by Crippen LogP contribution is 2.32. The molecule has 0 radical (unpaired) electrons. The lowest BCUT2D eigenvalue weighted by Gasteiger charge is -2.35. The fourth-order valence-electron chi connectivity index (χ4n) is 3.25. The Morgan fingerprint density at radius 2 is 1.96 bits per heavy atom. The lowest BCUT2D eigenvalue weighted by Crippen LogP contribution is -2.48. The number of para-hydroxylation sites is 1. The lowest BCUT2D eigenvalue weighted by molar-refractivity contribution is 0.122. The van der Waals surface area contributed by atoms with Crippen LogP contribution in [0.2, 0.25) is 0 Å². The Morgan fingerprint density at radius 1 is 1.17 bits per heavy atom. The third-order valence-electron chi connectivity index (χ3n) is 4.33. The molecule has 0 spiro atoms. The van der Waals surface area contributed by atoms with Gasteiger partial charge in [-0.05, 0) is 19.1 Å². The molecule has 1 saturated heterocycles. The molecule has 3 aromatic rings. The first kappa shape index (κ1) is 14.4. The van der Waals surface area contributed by atoms with E-state index in [4.69, 9.17) is 4.42 Å². The van der Waals surface area contributed by atoms with Crippen LogP contribution in [-0.2, 0) is 0 Å². The number of β-amino-alcohol motifs (C(OH)–C–C–N with tert-alkyl or cyclic N) is 1. The lowest BCUT2D eigenvalue weighted by atomic mass is 10.2. The molecule has 0 saturated carbocycles. The molecule has 1 N–H and O–H groups in total. The molecule has 4 rings (SSSR count). The van der Waals surface area contributed by atoms with Crippen LogP contribution in [0.1, 0.15) is 6.92 Å². The van der Waals surface area contributed by atoms with Crippen molar-refractivity contribution in [1.29, 1.82) is 0 Å². The van der Waals surface area contributed by atoms with Crippen LogP contribution in [0.15, 0.2) is 35.0 Å². The molecule has 1 aromatic carbocycles. The van der Waals surface area contributed by atoms with Gasteiger partial charge in [0.25, 0.3) is 0 Å². The Labute approximate surface area is 134 Å². The van der Waals surface area contributed by atoms with Gasteiger partial charge >= 0.3 is 0 Å². The Morgan fingerprint density at radius 3 is 2.74 bits per heavy atom. The minimum Gasteiger partial charge on any atom is -0.450 e. The van der Waals surface area contributed by atoms with Gasteiger partial charge in [-0.1, -0.05) is 12.1 Å². The van der Waals surface area contributed by atoms with Crippen molar-refractivity contribution in [2.75, 3.05) is 37.6 Å². The quantitative estimate of drug-likeness (QED) is 0.796. The van der Waals surface area contributed by atoms with Crippen molar-refractivity contribution in [2.45, 2.75) is 13.0 Å². The maximum atomic E-state index is 9.52. The van der Waals surface area contributed by atoms with E-state index in [1.165, 1.54) is 0 Å². The van der Waals surface area contributed by atoms with Gasteiger partial charge in [0, 0.05) is 38.1 Å². The molecule has 1 fully saturated rings. The molecule has 0 amide bonds. The van der Waals surface area contributed by atoms with E-state index in [0.29, 0.717) is 0 Å². The van der Waals surface area contributed by atoms with Crippen LogP contribution in [0.3, 0.4) is 0 Å². The van der Waals surface area contributed by atoms with Crippen molar-refractivity contribution in [3.63, 3.8) is 0 Å². The van der Waals surface area contributed by atoms with E-state index in [2.05, 4.69) is 19.8 Å². The molecule has 3 heterocycles. The number of benzene rings is 1. The number of anilines is 1. The third kappa shape index (κ3) is 2.64. The third-order valence-corrected chi connectivity index (χ3v) is 4.33. The van der Waals surface area contributed by atoms with Crippen LogP contribution >= 0.6 is 0 Å². The van der Waals surface area contributed by atoms with Gasteiger partial charge in [-0.3, -0.25) is 4.90 Å². The van der Waals surface area contributed by atoms with E-state index < -0.39 is 0 Å². The van der Waals surface area contributed by atoms with E-state index in [1.54, 1.807) is 6.33 Å². The van der Waals surface area contributed by atoms with E-state index in [9.17, 15) is 5.11 Å². The summed E-state index contributed by atoms with van der Waals surface area (Å²) in [5.74, 6) is 0.864. The minimum atomic E-state index is -0.289. The molecule has 2 aromatic heterocycles. The highest BCUT2D eigenvalue weighted by Gasteiger charge is 2.22. The van der Waals surface area contributed by atoms with Crippen LogP contribution in [-0.4, -0.2) is 58.8 Å². The first-order chi connectivity index (χ1) is 11.2. The summed E-state index contributed by atoms with van der Waals surface area (Å²) in [6.45, 7) is 6.12. The summed E-state index contributed by atoms with van der Waals surface area (Å²) < 4.78 is 6.01. The van der Waals surface area contributed by atoms with E-state index in [0.717, 1.165) is 60.6 Å². The molecule has 1 atom stereocenters. The standard InChI is InChI=1S/C17H20N4O2/c1-12(22)10-20-6-8-21(9-7-20)17-16-15(18-11-19-17)13-4-2-3-5-14(13)23-16/h2-5,11-12,22H,6-10H2,1H3/t12-/m1/s1. The molecule has 1 aliphatic heterocycles.